The van der Waals surface area contributed by atoms with Crippen LogP contribution < -0.4 is 5.32 Å². The molecule has 1 atom stereocenters. The second-order valence-corrected chi connectivity index (χ2v) is 2.99. The largest absolute Gasteiger partial charge is 0.466 e. The van der Waals surface area contributed by atoms with Crippen molar-refractivity contribution in [1.82, 2.24) is 5.32 Å². The summed E-state index contributed by atoms with van der Waals surface area (Å²) in [6, 6.07) is 0.122. The van der Waals surface area contributed by atoms with E-state index in [1.807, 2.05) is 13.8 Å². The van der Waals surface area contributed by atoms with Gasteiger partial charge in [0.25, 0.3) is 0 Å². The summed E-state index contributed by atoms with van der Waals surface area (Å²) < 4.78 is 4.79. The summed E-state index contributed by atoms with van der Waals surface area (Å²) in [4.78, 5) is 10.9. The second-order valence-electron chi connectivity index (χ2n) is 2.99. The Labute approximate surface area is 86.2 Å². The van der Waals surface area contributed by atoms with E-state index in [9.17, 15) is 4.79 Å². The molecule has 1 unspecified atom stereocenters. The van der Waals surface area contributed by atoms with Gasteiger partial charge in [0.15, 0.2) is 0 Å². The highest BCUT2D eigenvalue weighted by atomic mass is 16.5. The molecule has 0 rings (SSSR count). The summed E-state index contributed by atoms with van der Waals surface area (Å²) in [6.45, 7) is 5.06. The smallest absolute Gasteiger partial charge is 0.305 e. The molecule has 0 heterocycles. The predicted molar refractivity (Wildman–Crippen MR) is 56.8 cm³/mol. The van der Waals surface area contributed by atoms with Crippen LogP contribution in [0.2, 0.25) is 0 Å². The van der Waals surface area contributed by atoms with Crippen LogP contribution in [0.25, 0.3) is 0 Å². The lowest BCUT2D eigenvalue weighted by molar-refractivity contribution is -0.143. The lowest BCUT2D eigenvalue weighted by Crippen LogP contribution is -2.28. The zero-order valence-corrected chi connectivity index (χ0v) is 9.01. The molecule has 0 aliphatic rings. The number of hydrogen-bond donors (Lipinski definition) is 1. The van der Waals surface area contributed by atoms with Crippen molar-refractivity contribution < 1.29 is 9.53 Å². The molecule has 0 aliphatic carbocycles. The van der Waals surface area contributed by atoms with Gasteiger partial charge in [-0.25, -0.2) is 0 Å². The van der Waals surface area contributed by atoms with E-state index >= 15 is 0 Å². The molecule has 0 fully saturated rings. The molecule has 1 N–H and O–H groups in total. The first-order valence-corrected chi connectivity index (χ1v) is 5.09. The highest BCUT2D eigenvalue weighted by Gasteiger charge is 2.02. The molecule has 80 valence electrons. The van der Waals surface area contributed by atoms with Gasteiger partial charge in [-0.15, -0.1) is 6.42 Å². The maximum absolute atomic E-state index is 10.9. The molecule has 3 heteroatoms. The van der Waals surface area contributed by atoms with Gasteiger partial charge in [0.05, 0.1) is 12.6 Å². The van der Waals surface area contributed by atoms with Crippen LogP contribution >= 0.6 is 0 Å². The van der Waals surface area contributed by atoms with Gasteiger partial charge in [0.2, 0.25) is 0 Å². The number of carbonyl (C=O) groups excluding carboxylic acids is 1. The first-order valence-electron chi connectivity index (χ1n) is 5.09. The Balaban J connectivity index is 3.37. The fourth-order valence-electron chi connectivity index (χ4n) is 1.06. The van der Waals surface area contributed by atoms with E-state index in [1.165, 1.54) is 0 Å². The standard InChI is InChI=1S/C11H19NO2/c1-4-10(5-2)12-9-7-8-11(13)14-6-3/h1,10,12H,5-9H2,2-3H3. The van der Waals surface area contributed by atoms with Crippen molar-refractivity contribution >= 4 is 5.97 Å². The van der Waals surface area contributed by atoms with Gasteiger partial charge >= 0.3 is 5.97 Å². The van der Waals surface area contributed by atoms with Crippen molar-refractivity contribution in [3.63, 3.8) is 0 Å². The number of hydrogen-bond acceptors (Lipinski definition) is 3. The van der Waals surface area contributed by atoms with Crippen LogP contribution in [0.4, 0.5) is 0 Å². The first-order chi connectivity index (χ1) is 6.74. The van der Waals surface area contributed by atoms with Crippen LogP contribution in [0.15, 0.2) is 0 Å². The highest BCUT2D eigenvalue weighted by Crippen LogP contribution is 1.93. The van der Waals surface area contributed by atoms with E-state index < -0.39 is 0 Å². The summed E-state index contributed by atoms with van der Waals surface area (Å²) >= 11 is 0. The van der Waals surface area contributed by atoms with Gasteiger partial charge in [-0.05, 0) is 26.3 Å². The number of carbonyl (C=O) groups is 1. The molecule has 0 amide bonds. The third-order valence-corrected chi connectivity index (χ3v) is 1.86. The molecule has 0 spiro atoms. The predicted octanol–water partition coefficient (Wildman–Crippen LogP) is 1.33. The Hall–Kier alpha value is -1.01. The topological polar surface area (TPSA) is 38.3 Å². The minimum absolute atomic E-state index is 0.122. The maximum atomic E-state index is 10.9. The SMILES string of the molecule is C#CC(CC)NCCCC(=O)OCC. The van der Waals surface area contributed by atoms with Crippen molar-refractivity contribution in [3.8, 4) is 12.3 Å². The normalized spacial score (nSPS) is 11.8. The average molecular weight is 197 g/mol. The van der Waals surface area contributed by atoms with E-state index in [4.69, 9.17) is 11.2 Å². The van der Waals surface area contributed by atoms with Gasteiger partial charge in [-0.1, -0.05) is 12.8 Å². The fourth-order valence-corrected chi connectivity index (χ4v) is 1.06. The summed E-state index contributed by atoms with van der Waals surface area (Å²) in [5.74, 6) is 2.50. The zero-order valence-electron chi connectivity index (χ0n) is 9.01. The van der Waals surface area contributed by atoms with Crippen LogP contribution in [-0.2, 0) is 9.53 Å². The molecule has 0 bridgehead atoms. The van der Waals surface area contributed by atoms with Crippen molar-refractivity contribution in [2.45, 2.75) is 39.2 Å². The van der Waals surface area contributed by atoms with Gasteiger partial charge in [-0.2, -0.15) is 0 Å². The van der Waals surface area contributed by atoms with Crippen LogP contribution in [0.3, 0.4) is 0 Å². The highest BCUT2D eigenvalue weighted by molar-refractivity contribution is 5.69. The quantitative estimate of drug-likeness (QED) is 0.380. The molecule has 0 saturated carbocycles. The summed E-state index contributed by atoms with van der Waals surface area (Å²) in [6.07, 6.45) is 7.42. The summed E-state index contributed by atoms with van der Waals surface area (Å²) in [5, 5.41) is 3.17. The van der Waals surface area contributed by atoms with Crippen molar-refractivity contribution in [2.75, 3.05) is 13.2 Å². The van der Waals surface area contributed by atoms with E-state index in [1.54, 1.807) is 0 Å². The minimum Gasteiger partial charge on any atom is -0.466 e. The van der Waals surface area contributed by atoms with Crippen molar-refractivity contribution in [2.24, 2.45) is 0 Å². The second kappa shape index (κ2) is 8.58. The van der Waals surface area contributed by atoms with E-state index in [2.05, 4.69) is 11.2 Å². The third-order valence-electron chi connectivity index (χ3n) is 1.86. The van der Waals surface area contributed by atoms with Crippen LogP contribution in [0, 0.1) is 12.3 Å². The van der Waals surface area contributed by atoms with E-state index in [0.717, 1.165) is 19.4 Å². The Morgan fingerprint density at radius 2 is 2.29 bits per heavy atom. The molecule has 0 aromatic carbocycles. The van der Waals surface area contributed by atoms with E-state index in [-0.39, 0.29) is 12.0 Å². The third kappa shape index (κ3) is 6.50. The summed E-state index contributed by atoms with van der Waals surface area (Å²) in [7, 11) is 0. The molecular formula is C11H19NO2. The number of nitrogens with one attached hydrogen (secondary N) is 1. The van der Waals surface area contributed by atoms with Gasteiger partial charge in [-0.3, -0.25) is 4.79 Å². The van der Waals surface area contributed by atoms with Crippen LogP contribution in [0.5, 0.6) is 0 Å². The maximum Gasteiger partial charge on any atom is 0.305 e. The number of esters is 1. The zero-order chi connectivity index (χ0) is 10.8. The molecule has 0 radical (unpaired) electrons. The van der Waals surface area contributed by atoms with Gasteiger partial charge in [0, 0.05) is 6.42 Å². The number of ether oxygens (including phenoxy) is 1. The molecule has 14 heavy (non-hydrogen) atoms. The molecule has 0 saturated heterocycles. The Morgan fingerprint density at radius 1 is 1.57 bits per heavy atom. The molecule has 0 aromatic rings. The number of terminal acetylenes is 1. The molecular weight excluding hydrogens is 178 g/mol. The van der Waals surface area contributed by atoms with Crippen LogP contribution in [-0.4, -0.2) is 25.2 Å². The lowest BCUT2D eigenvalue weighted by atomic mass is 10.2. The van der Waals surface area contributed by atoms with Gasteiger partial charge < -0.3 is 10.1 Å². The first kappa shape index (κ1) is 13.0. The monoisotopic (exact) mass is 197 g/mol. The number of rotatable bonds is 7. The van der Waals surface area contributed by atoms with Crippen molar-refractivity contribution in [3.05, 3.63) is 0 Å². The minimum atomic E-state index is -0.136. The summed E-state index contributed by atoms with van der Waals surface area (Å²) in [5.41, 5.74) is 0. The Bertz CT molecular complexity index is 196. The van der Waals surface area contributed by atoms with E-state index in [0.29, 0.717) is 13.0 Å². The molecule has 3 nitrogen and oxygen atoms in total. The Kier molecular flexibility index (Phi) is 7.96. The molecule has 0 aromatic heterocycles. The average Bonchev–Trinajstić information content (AvgIpc) is 2.19. The Morgan fingerprint density at radius 3 is 2.79 bits per heavy atom. The van der Waals surface area contributed by atoms with Crippen molar-refractivity contribution in [1.29, 1.82) is 0 Å². The lowest BCUT2D eigenvalue weighted by Gasteiger charge is -2.09. The molecule has 0 aliphatic heterocycles. The van der Waals surface area contributed by atoms with Crippen LogP contribution in [0.1, 0.15) is 33.1 Å². The fraction of sp³-hybridized carbons (Fsp3) is 0.727. The van der Waals surface area contributed by atoms with Gasteiger partial charge in [0.1, 0.15) is 0 Å².